The lowest BCUT2D eigenvalue weighted by molar-refractivity contribution is -0.0165. The molecule has 0 saturated carbocycles. The summed E-state index contributed by atoms with van der Waals surface area (Å²) in [5.41, 5.74) is 2.59. The summed E-state index contributed by atoms with van der Waals surface area (Å²) in [4.78, 5) is 26.2. The van der Waals surface area contributed by atoms with E-state index in [0.29, 0.717) is 46.3 Å². The first-order chi connectivity index (χ1) is 17.4. The Morgan fingerprint density at radius 1 is 1.03 bits per heavy atom. The van der Waals surface area contributed by atoms with Crippen LogP contribution in [-0.2, 0) is 11.3 Å². The number of allylic oxidation sites excluding steroid dienone is 1. The number of hydrogen-bond donors (Lipinski definition) is 0. The van der Waals surface area contributed by atoms with Gasteiger partial charge in [-0.3, -0.25) is 4.79 Å². The van der Waals surface area contributed by atoms with E-state index >= 15 is 0 Å². The average Bonchev–Trinajstić information content (AvgIpc) is 3.20. The van der Waals surface area contributed by atoms with E-state index in [1.165, 1.54) is 14.2 Å². The summed E-state index contributed by atoms with van der Waals surface area (Å²) >= 11 is 3.49. The van der Waals surface area contributed by atoms with E-state index < -0.39 is 5.97 Å². The number of ketones is 1. The highest BCUT2D eigenvalue weighted by atomic mass is 79.9. The number of esters is 1. The van der Waals surface area contributed by atoms with Gasteiger partial charge in [0, 0.05) is 21.2 Å². The third-order valence-electron chi connectivity index (χ3n) is 5.86. The number of rotatable bonds is 5. The molecule has 0 radical (unpaired) electrons. The van der Waals surface area contributed by atoms with Crippen LogP contribution in [0.5, 0.6) is 28.7 Å². The van der Waals surface area contributed by atoms with E-state index in [1.807, 2.05) is 12.1 Å². The molecule has 2 aliphatic heterocycles. The van der Waals surface area contributed by atoms with Crippen molar-refractivity contribution in [2.24, 2.45) is 0 Å². The molecule has 0 N–H and O–H groups in total. The van der Waals surface area contributed by atoms with Gasteiger partial charge in [-0.15, -0.1) is 0 Å². The van der Waals surface area contributed by atoms with Crippen LogP contribution in [-0.4, -0.2) is 32.8 Å². The van der Waals surface area contributed by atoms with Gasteiger partial charge in [0.2, 0.25) is 5.78 Å². The van der Waals surface area contributed by atoms with Crippen LogP contribution in [0.4, 0.5) is 0 Å². The Kier molecular flexibility index (Phi) is 6.42. The molecule has 0 spiro atoms. The van der Waals surface area contributed by atoms with Gasteiger partial charge in [-0.1, -0.05) is 22.0 Å². The second kappa shape index (κ2) is 9.67. The topological polar surface area (TPSA) is 89.5 Å². The highest BCUT2D eigenvalue weighted by Crippen LogP contribution is 2.41. The molecule has 2 aliphatic rings. The maximum absolute atomic E-state index is 13.1. The van der Waals surface area contributed by atoms with Crippen molar-refractivity contribution in [1.29, 1.82) is 0 Å². The van der Waals surface area contributed by atoms with Gasteiger partial charge >= 0.3 is 5.97 Å². The second-order valence-electron chi connectivity index (χ2n) is 8.03. The molecular formula is C27H21BrO8. The van der Waals surface area contributed by atoms with E-state index in [2.05, 4.69) is 15.9 Å². The normalized spacial score (nSPS) is 15.0. The largest absolute Gasteiger partial charge is 0.496 e. The van der Waals surface area contributed by atoms with Crippen LogP contribution in [0.2, 0.25) is 0 Å². The Balaban J connectivity index is 1.46. The molecular weight excluding hydrogens is 532 g/mol. The first-order valence-electron chi connectivity index (χ1n) is 10.9. The van der Waals surface area contributed by atoms with Crippen LogP contribution in [0.1, 0.15) is 37.4 Å². The molecule has 8 nitrogen and oxygen atoms in total. The summed E-state index contributed by atoms with van der Waals surface area (Å²) in [5.74, 6) is 1.06. The van der Waals surface area contributed by atoms with Gasteiger partial charge in [0.1, 0.15) is 34.3 Å². The smallest absolute Gasteiger partial charge is 0.351 e. The molecule has 0 fully saturated rings. The van der Waals surface area contributed by atoms with Crippen molar-refractivity contribution in [2.75, 3.05) is 21.0 Å². The molecule has 9 heteroatoms. The molecule has 0 amide bonds. The van der Waals surface area contributed by atoms with Gasteiger partial charge in [-0.2, -0.15) is 0 Å². The van der Waals surface area contributed by atoms with E-state index in [-0.39, 0.29) is 29.6 Å². The molecule has 0 unspecified atom stereocenters. The summed E-state index contributed by atoms with van der Waals surface area (Å²) in [5, 5.41) is 0. The van der Waals surface area contributed by atoms with Crippen LogP contribution in [0, 0.1) is 6.92 Å². The fourth-order valence-corrected chi connectivity index (χ4v) is 4.66. The predicted octanol–water partition coefficient (Wildman–Crippen LogP) is 5.48. The van der Waals surface area contributed by atoms with Crippen molar-refractivity contribution in [1.82, 2.24) is 0 Å². The quantitative estimate of drug-likeness (QED) is 0.233. The minimum Gasteiger partial charge on any atom is -0.496 e. The van der Waals surface area contributed by atoms with E-state index in [4.69, 9.17) is 28.4 Å². The second-order valence-corrected chi connectivity index (χ2v) is 8.94. The summed E-state index contributed by atoms with van der Waals surface area (Å²) in [7, 11) is 2.92. The summed E-state index contributed by atoms with van der Waals surface area (Å²) in [6.45, 7) is 2.26. The zero-order valence-corrected chi connectivity index (χ0v) is 21.3. The molecule has 3 aromatic rings. The number of carbonyl (C=O) groups excluding carboxylic acids is 2. The maximum atomic E-state index is 13.1. The minimum absolute atomic E-state index is 0.130. The van der Waals surface area contributed by atoms with Crippen LogP contribution < -0.4 is 23.7 Å². The van der Waals surface area contributed by atoms with Gasteiger partial charge < -0.3 is 28.4 Å². The van der Waals surface area contributed by atoms with Crippen molar-refractivity contribution < 1.29 is 38.0 Å². The number of fused-ring (bicyclic) bond motifs is 2. The van der Waals surface area contributed by atoms with Gasteiger partial charge in [-0.05, 0) is 49.4 Å². The number of ether oxygens (including phenoxy) is 6. The first kappa shape index (κ1) is 23.9. The van der Waals surface area contributed by atoms with Crippen molar-refractivity contribution >= 4 is 33.8 Å². The fourth-order valence-electron chi connectivity index (χ4n) is 4.14. The Morgan fingerprint density at radius 2 is 1.78 bits per heavy atom. The fraction of sp³-hybridized carbons (Fsp3) is 0.185. The van der Waals surface area contributed by atoms with E-state index in [1.54, 1.807) is 43.3 Å². The van der Waals surface area contributed by atoms with Gasteiger partial charge in [0.15, 0.2) is 12.6 Å². The Morgan fingerprint density at radius 3 is 2.50 bits per heavy atom. The lowest BCUT2D eigenvalue weighted by atomic mass is 10.0. The molecule has 5 rings (SSSR count). The standard InChI is InChI=1S/C27H21BrO8/c1-14-19(36-27(30)23-20(31-2)5-4-6-21(23)32-3)8-7-18-24(29)22(35-25(14)18)11-15-9-17(28)10-16-12-33-13-34-26(15)16/h4-11H,12-13H2,1-3H3/b22-11-. The van der Waals surface area contributed by atoms with E-state index in [9.17, 15) is 9.59 Å². The Bertz CT molecular complexity index is 1400. The number of methoxy groups -OCH3 is 2. The van der Waals surface area contributed by atoms with Crippen molar-refractivity contribution in [3.63, 3.8) is 0 Å². The minimum atomic E-state index is -0.660. The zero-order chi connectivity index (χ0) is 25.4. The molecule has 0 aliphatic carbocycles. The third kappa shape index (κ3) is 4.20. The number of benzene rings is 3. The van der Waals surface area contributed by atoms with Gasteiger partial charge in [-0.25, -0.2) is 4.79 Å². The van der Waals surface area contributed by atoms with Gasteiger partial charge in [0.25, 0.3) is 0 Å². The Hall–Kier alpha value is -3.82. The molecule has 184 valence electrons. The predicted molar refractivity (Wildman–Crippen MR) is 133 cm³/mol. The van der Waals surface area contributed by atoms with E-state index in [0.717, 1.165) is 10.0 Å². The average molecular weight is 553 g/mol. The molecule has 3 aromatic carbocycles. The van der Waals surface area contributed by atoms with Crippen LogP contribution in [0.15, 0.2) is 52.7 Å². The molecule has 2 heterocycles. The molecule has 0 aromatic heterocycles. The maximum Gasteiger partial charge on any atom is 0.351 e. The summed E-state index contributed by atoms with van der Waals surface area (Å²) in [6, 6.07) is 11.9. The van der Waals surface area contributed by atoms with Crippen molar-refractivity contribution in [2.45, 2.75) is 13.5 Å². The highest BCUT2D eigenvalue weighted by molar-refractivity contribution is 9.10. The zero-order valence-electron chi connectivity index (χ0n) is 19.7. The summed E-state index contributed by atoms with van der Waals surface area (Å²) < 4.78 is 34.1. The monoisotopic (exact) mass is 552 g/mol. The highest BCUT2D eigenvalue weighted by Gasteiger charge is 2.32. The lowest BCUT2D eigenvalue weighted by Gasteiger charge is -2.20. The number of carbonyl (C=O) groups is 2. The summed E-state index contributed by atoms with van der Waals surface area (Å²) in [6.07, 6.45) is 1.64. The van der Waals surface area contributed by atoms with Crippen LogP contribution in [0.3, 0.4) is 0 Å². The molecule has 0 atom stereocenters. The van der Waals surface area contributed by atoms with Crippen molar-refractivity contribution in [3.8, 4) is 28.7 Å². The molecule has 0 saturated heterocycles. The number of halogens is 1. The Labute approximate surface area is 215 Å². The number of Topliss-reactive ketones (excluding diaryl/α,β-unsaturated/α-hetero) is 1. The first-order valence-corrected chi connectivity index (χ1v) is 11.7. The van der Waals surface area contributed by atoms with Gasteiger partial charge in [0.05, 0.1) is 26.4 Å². The lowest BCUT2D eigenvalue weighted by Crippen LogP contribution is -2.12. The molecule has 36 heavy (non-hydrogen) atoms. The third-order valence-corrected chi connectivity index (χ3v) is 6.32. The van der Waals surface area contributed by atoms with Crippen LogP contribution in [0.25, 0.3) is 6.08 Å². The SMILES string of the molecule is COc1cccc(OC)c1C(=O)Oc1ccc2c(c1C)O/C(=C\c1cc(Br)cc3c1OCOC3)C2=O. The van der Waals surface area contributed by atoms with Crippen molar-refractivity contribution in [3.05, 3.63) is 80.5 Å². The van der Waals surface area contributed by atoms with Crippen LogP contribution >= 0.6 is 15.9 Å². The molecule has 0 bridgehead atoms. The number of hydrogen-bond acceptors (Lipinski definition) is 8.